The number of esters is 1. The van der Waals surface area contributed by atoms with Crippen LogP contribution in [0.1, 0.15) is 13.3 Å². The Morgan fingerprint density at radius 2 is 1.41 bits per heavy atom. The van der Waals surface area contributed by atoms with Crippen LogP contribution in [-0.2, 0) is 14.3 Å². The maximum atomic E-state index is 13.4. The number of alkyl halides is 3. The number of hydrogen-bond acceptors (Lipinski definition) is 5. The Bertz CT molecular complexity index is 726. The second kappa shape index (κ2) is 7.94. The topological polar surface area (TPSA) is 87.7 Å². The summed E-state index contributed by atoms with van der Waals surface area (Å²) >= 11 is 0. The van der Waals surface area contributed by atoms with Gasteiger partial charge < -0.3 is 9.84 Å². The summed E-state index contributed by atoms with van der Waals surface area (Å²) in [5.41, 5.74) is -3.69. The van der Waals surface area contributed by atoms with Crippen LogP contribution >= 0.6 is 0 Å². The zero-order valence-electron chi connectivity index (χ0n) is 13.1. The standard InChI is InChI=1S/C13H10F8N2O4/c1-2-27-11(25)12(26,13(19,20)21)3-4(24)22-23-10-8(17)6(15)5(14)7(16)9(10)18/h23,26H,2-3H2,1H3,(H,22,24). The molecule has 0 heterocycles. The number of aliphatic hydroxyl groups is 1. The molecule has 1 aromatic carbocycles. The summed E-state index contributed by atoms with van der Waals surface area (Å²) < 4.78 is 108. The van der Waals surface area contributed by atoms with Crippen molar-refractivity contribution in [3.05, 3.63) is 29.1 Å². The maximum Gasteiger partial charge on any atom is 0.428 e. The molecule has 14 heteroatoms. The van der Waals surface area contributed by atoms with Crippen molar-refractivity contribution in [1.29, 1.82) is 0 Å². The molecular weight excluding hydrogens is 400 g/mol. The quantitative estimate of drug-likeness (QED) is 0.220. The molecular formula is C13H10F8N2O4. The van der Waals surface area contributed by atoms with Crippen molar-refractivity contribution in [1.82, 2.24) is 5.43 Å². The zero-order chi connectivity index (χ0) is 21.2. The lowest BCUT2D eigenvalue weighted by molar-refractivity contribution is -0.263. The average molecular weight is 410 g/mol. The number of carbonyl (C=O) groups excluding carboxylic acids is 2. The van der Waals surface area contributed by atoms with Gasteiger partial charge in [0.2, 0.25) is 11.7 Å². The minimum Gasteiger partial charge on any atom is -0.464 e. The Morgan fingerprint density at radius 1 is 0.963 bits per heavy atom. The van der Waals surface area contributed by atoms with Crippen LogP contribution in [0.4, 0.5) is 40.8 Å². The molecule has 0 aliphatic heterocycles. The highest BCUT2D eigenvalue weighted by Crippen LogP contribution is 2.34. The maximum absolute atomic E-state index is 13.4. The van der Waals surface area contributed by atoms with E-state index in [0.29, 0.717) is 0 Å². The Kier molecular flexibility index (Phi) is 6.59. The van der Waals surface area contributed by atoms with Crippen molar-refractivity contribution in [2.75, 3.05) is 12.0 Å². The van der Waals surface area contributed by atoms with Crippen molar-refractivity contribution in [2.45, 2.75) is 25.1 Å². The number of rotatable bonds is 6. The predicted octanol–water partition coefficient (Wildman–Crippen LogP) is 2.07. The molecule has 1 atom stereocenters. The number of hydrogen-bond donors (Lipinski definition) is 3. The van der Waals surface area contributed by atoms with Gasteiger partial charge in [-0.2, -0.15) is 13.2 Å². The van der Waals surface area contributed by atoms with Crippen LogP contribution in [0, 0.1) is 29.1 Å². The number of anilines is 1. The second-order valence-electron chi connectivity index (χ2n) is 4.87. The van der Waals surface area contributed by atoms with E-state index in [1.54, 1.807) is 0 Å². The van der Waals surface area contributed by atoms with Crippen LogP contribution < -0.4 is 10.9 Å². The van der Waals surface area contributed by atoms with Gasteiger partial charge >= 0.3 is 12.1 Å². The highest BCUT2D eigenvalue weighted by atomic mass is 19.4. The highest BCUT2D eigenvalue weighted by Gasteiger charge is 2.61. The Balaban J connectivity index is 3.02. The number of hydrazine groups is 1. The molecule has 152 valence electrons. The van der Waals surface area contributed by atoms with Crippen LogP contribution in [-0.4, -0.2) is 35.4 Å². The van der Waals surface area contributed by atoms with Gasteiger partial charge in [0.1, 0.15) is 5.69 Å². The third-order valence-corrected chi connectivity index (χ3v) is 3.04. The van der Waals surface area contributed by atoms with E-state index >= 15 is 0 Å². The molecule has 0 aliphatic carbocycles. The molecule has 1 rings (SSSR count). The van der Waals surface area contributed by atoms with Crippen LogP contribution in [0.25, 0.3) is 0 Å². The van der Waals surface area contributed by atoms with Gasteiger partial charge in [-0.1, -0.05) is 0 Å². The minimum absolute atomic E-state index is 0.582. The largest absolute Gasteiger partial charge is 0.464 e. The van der Waals surface area contributed by atoms with Crippen molar-refractivity contribution < 1.29 is 54.6 Å². The normalized spacial score (nSPS) is 13.7. The van der Waals surface area contributed by atoms with Crippen LogP contribution in [0.5, 0.6) is 0 Å². The second-order valence-corrected chi connectivity index (χ2v) is 4.87. The van der Waals surface area contributed by atoms with Gasteiger partial charge in [-0.3, -0.25) is 15.6 Å². The van der Waals surface area contributed by atoms with E-state index < -0.39 is 71.5 Å². The molecule has 3 N–H and O–H groups in total. The van der Waals surface area contributed by atoms with Crippen LogP contribution in [0.15, 0.2) is 0 Å². The van der Waals surface area contributed by atoms with E-state index in [2.05, 4.69) is 4.74 Å². The van der Waals surface area contributed by atoms with E-state index in [-0.39, 0.29) is 0 Å². The minimum atomic E-state index is -5.68. The van der Waals surface area contributed by atoms with Gasteiger partial charge in [-0.25, -0.2) is 26.7 Å². The summed E-state index contributed by atoms with van der Waals surface area (Å²) in [6.45, 7) is 0.529. The summed E-state index contributed by atoms with van der Waals surface area (Å²) in [4.78, 5) is 22.8. The fourth-order valence-corrected chi connectivity index (χ4v) is 1.66. The molecule has 0 spiro atoms. The summed E-state index contributed by atoms with van der Waals surface area (Å²) in [7, 11) is 0. The number of halogens is 8. The molecule has 0 saturated carbocycles. The lowest BCUT2D eigenvalue weighted by atomic mass is 9.99. The third kappa shape index (κ3) is 4.37. The molecule has 1 amide bonds. The van der Waals surface area contributed by atoms with Gasteiger partial charge in [-0.15, -0.1) is 0 Å². The molecule has 0 fully saturated rings. The first-order valence-corrected chi connectivity index (χ1v) is 6.80. The van der Waals surface area contributed by atoms with E-state index in [4.69, 9.17) is 0 Å². The van der Waals surface area contributed by atoms with Gasteiger partial charge in [0.25, 0.3) is 5.60 Å². The summed E-state index contributed by atoms with van der Waals surface area (Å²) in [6.07, 6.45) is -7.71. The van der Waals surface area contributed by atoms with Crippen molar-refractivity contribution in [3.8, 4) is 0 Å². The van der Waals surface area contributed by atoms with Crippen molar-refractivity contribution in [3.63, 3.8) is 0 Å². The Morgan fingerprint density at radius 3 is 1.81 bits per heavy atom. The monoisotopic (exact) mass is 410 g/mol. The third-order valence-electron chi connectivity index (χ3n) is 3.04. The van der Waals surface area contributed by atoms with Gasteiger partial charge in [0.15, 0.2) is 23.3 Å². The van der Waals surface area contributed by atoms with E-state index in [9.17, 15) is 49.8 Å². The first-order chi connectivity index (χ1) is 12.3. The van der Waals surface area contributed by atoms with E-state index in [0.717, 1.165) is 6.92 Å². The molecule has 0 saturated heterocycles. The van der Waals surface area contributed by atoms with E-state index in [1.807, 2.05) is 0 Å². The summed E-state index contributed by atoms with van der Waals surface area (Å²) in [6, 6.07) is 0. The number of ether oxygens (including phenoxy) is 1. The lowest BCUT2D eigenvalue weighted by Gasteiger charge is -2.27. The molecule has 1 aromatic rings. The molecule has 0 aliphatic rings. The first kappa shape index (κ1) is 22.4. The molecule has 6 nitrogen and oxygen atoms in total. The Hall–Kier alpha value is -2.64. The fourth-order valence-electron chi connectivity index (χ4n) is 1.66. The number of benzene rings is 1. The average Bonchev–Trinajstić information content (AvgIpc) is 2.57. The predicted molar refractivity (Wildman–Crippen MR) is 70.3 cm³/mol. The first-order valence-electron chi connectivity index (χ1n) is 6.80. The number of carbonyl (C=O) groups is 2. The van der Waals surface area contributed by atoms with Gasteiger partial charge in [0.05, 0.1) is 13.0 Å². The SMILES string of the molecule is CCOC(=O)C(O)(CC(=O)NNc1c(F)c(F)c(F)c(F)c1F)C(F)(F)F. The zero-order valence-corrected chi connectivity index (χ0v) is 13.1. The molecule has 0 aromatic heterocycles. The van der Waals surface area contributed by atoms with Gasteiger partial charge in [-0.05, 0) is 6.92 Å². The fraction of sp³-hybridized carbons (Fsp3) is 0.385. The van der Waals surface area contributed by atoms with Crippen LogP contribution in [0.3, 0.4) is 0 Å². The summed E-state index contributed by atoms with van der Waals surface area (Å²) in [5.74, 6) is -16.2. The number of nitrogens with one attached hydrogen (secondary N) is 2. The van der Waals surface area contributed by atoms with Crippen LogP contribution in [0.2, 0.25) is 0 Å². The molecule has 27 heavy (non-hydrogen) atoms. The smallest absolute Gasteiger partial charge is 0.428 e. The van der Waals surface area contributed by atoms with E-state index in [1.165, 1.54) is 10.9 Å². The molecule has 0 bridgehead atoms. The lowest BCUT2D eigenvalue weighted by Crippen LogP contribution is -2.55. The molecule has 0 radical (unpaired) electrons. The van der Waals surface area contributed by atoms with Crippen molar-refractivity contribution >= 4 is 17.6 Å². The van der Waals surface area contributed by atoms with Crippen molar-refractivity contribution in [2.24, 2.45) is 0 Å². The Labute approximate surface area is 145 Å². The summed E-state index contributed by atoms with van der Waals surface area (Å²) in [5, 5.41) is 9.44. The van der Waals surface area contributed by atoms with Gasteiger partial charge in [0, 0.05) is 0 Å². The molecule has 1 unspecified atom stereocenters. The highest BCUT2D eigenvalue weighted by molar-refractivity contribution is 5.89. The number of amides is 1.